The molecule has 0 radical (unpaired) electrons. The first-order valence-electron chi connectivity index (χ1n) is 8.29. The van der Waals surface area contributed by atoms with Crippen molar-refractivity contribution in [3.05, 3.63) is 40.3 Å². The Morgan fingerprint density at radius 2 is 1.85 bits per heavy atom. The third kappa shape index (κ3) is 8.08. The molecule has 0 fully saturated rings. The molecule has 146 valence electrons. The molecule has 0 atom stereocenters. The lowest BCUT2D eigenvalue weighted by molar-refractivity contribution is -0.121. The number of benzene rings is 1. The Hall–Kier alpha value is -1.08. The average Bonchev–Trinajstić information content (AvgIpc) is 2.94. The third-order valence-corrected chi connectivity index (χ3v) is 4.09. The summed E-state index contributed by atoms with van der Waals surface area (Å²) in [7, 11) is 0. The number of nitrogens with zero attached hydrogens (tertiary/aromatic N) is 1. The fraction of sp³-hybridized carbons (Fsp3) is 0.444. The van der Waals surface area contributed by atoms with Crippen LogP contribution >= 0.6 is 40.7 Å². The summed E-state index contributed by atoms with van der Waals surface area (Å²) in [4.78, 5) is 16.3. The van der Waals surface area contributed by atoms with Crippen molar-refractivity contribution in [2.75, 3.05) is 19.6 Å². The van der Waals surface area contributed by atoms with Gasteiger partial charge in [0.2, 0.25) is 5.91 Å². The predicted molar refractivity (Wildman–Crippen MR) is 113 cm³/mol. The van der Waals surface area contributed by atoms with Crippen LogP contribution in [0.1, 0.15) is 31.4 Å². The van der Waals surface area contributed by atoms with E-state index in [-0.39, 0.29) is 30.7 Å². The Morgan fingerprint density at radius 1 is 1.15 bits per heavy atom. The topological polar surface area (TPSA) is 67.2 Å². The molecule has 0 aliphatic carbocycles. The highest BCUT2D eigenvalue weighted by Gasteiger charge is 2.13. The molecule has 1 aromatic carbocycles. The van der Waals surface area contributed by atoms with Crippen molar-refractivity contribution in [1.82, 2.24) is 15.6 Å². The number of rotatable bonds is 9. The fourth-order valence-electron chi connectivity index (χ4n) is 2.33. The van der Waals surface area contributed by atoms with Crippen LogP contribution in [0.5, 0.6) is 0 Å². The smallest absolute Gasteiger partial charge is 0.220 e. The molecule has 5 nitrogen and oxygen atoms in total. The highest BCUT2D eigenvalue weighted by Crippen LogP contribution is 2.26. The molecule has 1 amide bonds. The molecule has 0 bridgehead atoms. The molecule has 1 aromatic heterocycles. The summed E-state index contributed by atoms with van der Waals surface area (Å²) < 4.78 is 6.85. The number of aryl methyl sites for hydroxylation is 2. The summed E-state index contributed by atoms with van der Waals surface area (Å²) in [6.45, 7) is 6.46. The van der Waals surface area contributed by atoms with E-state index in [0.717, 1.165) is 41.0 Å². The second-order valence-electron chi connectivity index (χ2n) is 5.63. The number of halogens is 3. The molecule has 2 N–H and O–H groups in total. The maximum Gasteiger partial charge on any atom is 0.220 e. The number of nitrogens with one attached hydrogen (secondary N) is 2. The Morgan fingerprint density at radius 3 is 2.50 bits per heavy atom. The van der Waals surface area contributed by atoms with Crippen LogP contribution in [0.15, 0.2) is 33.2 Å². The van der Waals surface area contributed by atoms with Gasteiger partial charge in [0.05, 0.1) is 5.69 Å². The Bertz CT molecular complexity index is 663. The van der Waals surface area contributed by atoms with Crippen molar-refractivity contribution >= 4 is 46.7 Å². The second kappa shape index (κ2) is 13.1. The van der Waals surface area contributed by atoms with Crippen molar-refractivity contribution in [3.63, 3.8) is 0 Å². The molecular weight excluding hydrogens is 441 g/mol. The number of hydrogen-bond donors (Lipinski definition) is 2. The molecule has 0 aliphatic rings. The van der Waals surface area contributed by atoms with E-state index in [4.69, 9.17) is 4.42 Å². The number of aromatic nitrogens is 1. The molecule has 0 saturated heterocycles. The fourth-order valence-corrected chi connectivity index (χ4v) is 2.59. The van der Waals surface area contributed by atoms with Crippen molar-refractivity contribution in [1.29, 1.82) is 0 Å². The Balaban J connectivity index is 0.00000312. The third-order valence-electron chi connectivity index (χ3n) is 3.56. The number of oxazole rings is 1. The van der Waals surface area contributed by atoms with Gasteiger partial charge in [0.15, 0.2) is 11.7 Å². The molecule has 0 spiro atoms. The summed E-state index contributed by atoms with van der Waals surface area (Å²) in [6.07, 6.45) is 1.98. The molecule has 8 heteroatoms. The average molecular weight is 467 g/mol. The van der Waals surface area contributed by atoms with E-state index in [1.54, 1.807) is 0 Å². The standard InChI is InChI=1S/C18H24BrN3O2.2ClH/c1-3-10-20-11-12-21-16(23)8-9-17-22-13(2)18(24-17)14-4-6-15(19)7-5-14;;/h4-7,20H,3,8-12H2,1-2H3,(H,21,23);2*1H. The van der Waals surface area contributed by atoms with E-state index in [0.29, 0.717) is 25.3 Å². The number of hydrogen-bond acceptors (Lipinski definition) is 4. The first kappa shape index (κ1) is 24.9. The zero-order valence-electron chi connectivity index (χ0n) is 15.0. The van der Waals surface area contributed by atoms with Gasteiger partial charge in [-0.25, -0.2) is 4.98 Å². The summed E-state index contributed by atoms with van der Waals surface area (Å²) in [6, 6.07) is 7.91. The van der Waals surface area contributed by atoms with Gasteiger partial charge in [-0.15, -0.1) is 24.8 Å². The van der Waals surface area contributed by atoms with Gasteiger partial charge < -0.3 is 15.1 Å². The zero-order chi connectivity index (χ0) is 17.4. The number of amides is 1. The first-order chi connectivity index (χ1) is 11.6. The molecule has 2 rings (SSSR count). The zero-order valence-corrected chi connectivity index (χ0v) is 18.2. The summed E-state index contributed by atoms with van der Waals surface area (Å²) >= 11 is 3.42. The van der Waals surface area contributed by atoms with Crippen LogP contribution in [-0.2, 0) is 11.2 Å². The molecule has 26 heavy (non-hydrogen) atoms. The van der Waals surface area contributed by atoms with E-state index in [1.807, 2.05) is 31.2 Å². The minimum Gasteiger partial charge on any atom is -0.440 e. The van der Waals surface area contributed by atoms with Gasteiger partial charge in [-0.2, -0.15) is 0 Å². The SMILES string of the molecule is CCCNCCNC(=O)CCc1nc(C)c(-c2ccc(Br)cc2)o1.Cl.Cl. The Labute approximate surface area is 175 Å². The number of carbonyl (C=O) groups is 1. The summed E-state index contributed by atoms with van der Waals surface area (Å²) in [5, 5.41) is 6.14. The van der Waals surface area contributed by atoms with Crippen LogP contribution in [0.2, 0.25) is 0 Å². The lowest BCUT2D eigenvalue weighted by Crippen LogP contribution is -2.32. The van der Waals surface area contributed by atoms with Gasteiger partial charge in [-0.05, 0) is 32.0 Å². The number of carbonyl (C=O) groups excluding carboxylic acids is 1. The largest absolute Gasteiger partial charge is 0.440 e. The highest BCUT2D eigenvalue weighted by atomic mass is 79.9. The van der Waals surface area contributed by atoms with E-state index < -0.39 is 0 Å². The van der Waals surface area contributed by atoms with Gasteiger partial charge >= 0.3 is 0 Å². The summed E-state index contributed by atoms with van der Waals surface area (Å²) in [5.41, 5.74) is 1.83. The summed E-state index contributed by atoms with van der Waals surface area (Å²) in [5.74, 6) is 1.39. The minimum atomic E-state index is 0. The van der Waals surface area contributed by atoms with E-state index in [2.05, 4.69) is 38.5 Å². The normalized spacial score (nSPS) is 9.96. The lowest BCUT2D eigenvalue weighted by Gasteiger charge is -2.05. The van der Waals surface area contributed by atoms with Gasteiger partial charge in [-0.1, -0.05) is 35.0 Å². The molecule has 0 aliphatic heterocycles. The predicted octanol–water partition coefficient (Wildman–Crippen LogP) is 4.30. The first-order valence-corrected chi connectivity index (χ1v) is 9.09. The van der Waals surface area contributed by atoms with Crippen molar-refractivity contribution < 1.29 is 9.21 Å². The van der Waals surface area contributed by atoms with Crippen LogP contribution in [0.3, 0.4) is 0 Å². The van der Waals surface area contributed by atoms with Crippen LogP contribution in [-0.4, -0.2) is 30.5 Å². The minimum absolute atomic E-state index is 0. The molecular formula is C18H26BrCl2N3O2. The maximum atomic E-state index is 11.8. The van der Waals surface area contributed by atoms with Crippen LogP contribution < -0.4 is 10.6 Å². The van der Waals surface area contributed by atoms with Crippen molar-refractivity contribution in [3.8, 4) is 11.3 Å². The highest BCUT2D eigenvalue weighted by molar-refractivity contribution is 9.10. The Kier molecular flexibility index (Phi) is 12.6. The molecule has 1 heterocycles. The lowest BCUT2D eigenvalue weighted by atomic mass is 10.1. The quantitative estimate of drug-likeness (QED) is 0.540. The monoisotopic (exact) mass is 465 g/mol. The molecule has 2 aromatic rings. The van der Waals surface area contributed by atoms with E-state index >= 15 is 0 Å². The van der Waals surface area contributed by atoms with Crippen LogP contribution in [0.4, 0.5) is 0 Å². The van der Waals surface area contributed by atoms with Crippen LogP contribution in [0.25, 0.3) is 11.3 Å². The van der Waals surface area contributed by atoms with Crippen LogP contribution in [0, 0.1) is 6.92 Å². The maximum absolute atomic E-state index is 11.8. The van der Waals surface area contributed by atoms with E-state index in [1.165, 1.54) is 0 Å². The molecule has 0 unspecified atom stereocenters. The van der Waals surface area contributed by atoms with Gasteiger partial charge in [0, 0.05) is 36.0 Å². The van der Waals surface area contributed by atoms with Crippen molar-refractivity contribution in [2.45, 2.75) is 33.1 Å². The van der Waals surface area contributed by atoms with Crippen molar-refractivity contribution in [2.24, 2.45) is 0 Å². The van der Waals surface area contributed by atoms with Gasteiger partial charge in [0.25, 0.3) is 0 Å². The van der Waals surface area contributed by atoms with Gasteiger partial charge in [0.1, 0.15) is 0 Å². The second-order valence-corrected chi connectivity index (χ2v) is 6.54. The van der Waals surface area contributed by atoms with Gasteiger partial charge in [-0.3, -0.25) is 4.79 Å². The van der Waals surface area contributed by atoms with E-state index in [9.17, 15) is 4.79 Å². The molecule has 0 saturated carbocycles.